The summed E-state index contributed by atoms with van der Waals surface area (Å²) in [5.41, 5.74) is 2.69. The molecule has 2 aromatic heterocycles. The third-order valence-corrected chi connectivity index (χ3v) is 7.78. The molecule has 0 aliphatic heterocycles. The second-order valence-electron chi connectivity index (χ2n) is 13.4. The predicted octanol–water partition coefficient (Wildman–Crippen LogP) is 6.45. The number of pyridine rings is 2. The molecule has 228 valence electrons. The van der Waals surface area contributed by atoms with Crippen LogP contribution in [0, 0.1) is 11.7 Å². The van der Waals surface area contributed by atoms with Gasteiger partial charge in [-0.1, -0.05) is 66.7 Å². The zero-order valence-electron chi connectivity index (χ0n) is 26.1. The first-order chi connectivity index (χ1) is 20.1. The molecule has 1 atom stereocenters. The van der Waals surface area contributed by atoms with E-state index in [0.717, 1.165) is 16.7 Å². The highest BCUT2D eigenvalue weighted by molar-refractivity contribution is 6.07. The summed E-state index contributed by atoms with van der Waals surface area (Å²) in [6.07, 6.45) is 1.99. The molecule has 0 aliphatic rings. The van der Waals surface area contributed by atoms with Crippen LogP contribution in [-0.4, -0.2) is 32.3 Å². The van der Waals surface area contributed by atoms with Crippen molar-refractivity contribution in [2.75, 3.05) is 6.61 Å². The molecule has 0 unspecified atom stereocenters. The van der Waals surface area contributed by atoms with Gasteiger partial charge in [0.15, 0.2) is 0 Å². The normalized spacial score (nSPS) is 12.9. The maximum absolute atomic E-state index is 14.2. The van der Waals surface area contributed by atoms with Gasteiger partial charge in [0.25, 0.3) is 11.5 Å². The molecule has 0 saturated heterocycles. The third-order valence-electron chi connectivity index (χ3n) is 7.78. The number of nitrogens with zero attached hydrogens (tertiary/aromatic N) is 2. The van der Waals surface area contributed by atoms with Crippen LogP contribution in [0.5, 0.6) is 5.75 Å². The molecule has 4 aromatic rings. The molecule has 0 radical (unpaired) electrons. The second kappa shape index (κ2) is 12.3. The molecule has 43 heavy (non-hydrogen) atoms. The van der Waals surface area contributed by atoms with Crippen molar-refractivity contribution in [1.29, 1.82) is 0 Å². The van der Waals surface area contributed by atoms with Gasteiger partial charge in [-0.15, -0.1) is 0 Å². The lowest BCUT2D eigenvalue weighted by Gasteiger charge is -2.28. The lowest BCUT2D eigenvalue weighted by Crippen LogP contribution is -2.34. The molecule has 1 amide bonds. The molecule has 0 fully saturated rings. The lowest BCUT2D eigenvalue weighted by molar-refractivity contribution is 0.0940. The van der Waals surface area contributed by atoms with E-state index in [4.69, 9.17) is 0 Å². The number of halogens is 1. The Morgan fingerprint density at radius 3 is 2.19 bits per heavy atom. The largest absolute Gasteiger partial charge is 0.507 e. The summed E-state index contributed by atoms with van der Waals surface area (Å²) in [6.45, 7) is 14.3. The fourth-order valence-corrected chi connectivity index (χ4v) is 5.27. The van der Waals surface area contributed by atoms with Crippen LogP contribution in [0.3, 0.4) is 0 Å². The summed E-state index contributed by atoms with van der Waals surface area (Å²) in [5, 5.41) is 24.3. The van der Waals surface area contributed by atoms with Gasteiger partial charge in [-0.2, -0.15) is 0 Å². The van der Waals surface area contributed by atoms with Crippen LogP contribution in [0.4, 0.5) is 4.39 Å². The molecule has 4 rings (SSSR count). The van der Waals surface area contributed by atoms with E-state index < -0.39 is 17.3 Å². The van der Waals surface area contributed by atoms with Gasteiger partial charge in [-0.3, -0.25) is 14.6 Å². The first-order valence-electron chi connectivity index (χ1n) is 14.7. The van der Waals surface area contributed by atoms with Gasteiger partial charge in [-0.25, -0.2) is 4.39 Å². The van der Waals surface area contributed by atoms with Crippen LogP contribution in [0.2, 0.25) is 0 Å². The Balaban J connectivity index is 1.89. The molecular formula is C35H42FN3O4. The average Bonchev–Trinajstić information content (AvgIpc) is 2.95. The molecule has 2 heterocycles. The maximum Gasteiger partial charge on any atom is 0.277 e. The van der Waals surface area contributed by atoms with Crippen molar-refractivity contribution in [2.24, 2.45) is 5.92 Å². The monoisotopic (exact) mass is 587 g/mol. The number of nitrogens with one attached hydrogen (secondary N) is 1. The molecule has 7 nitrogen and oxygen atoms in total. The minimum atomic E-state index is -0.471. The number of hydrogen-bond donors (Lipinski definition) is 3. The number of phenols is 1. The first-order valence-corrected chi connectivity index (χ1v) is 14.7. The Hall–Kier alpha value is -4.04. The minimum absolute atomic E-state index is 0.0556. The molecular weight excluding hydrogens is 545 g/mol. The van der Waals surface area contributed by atoms with Gasteiger partial charge in [-0.05, 0) is 75.8 Å². The van der Waals surface area contributed by atoms with E-state index in [2.05, 4.69) is 10.3 Å². The van der Waals surface area contributed by atoms with E-state index in [9.17, 15) is 24.2 Å². The van der Waals surface area contributed by atoms with Crippen molar-refractivity contribution in [3.8, 4) is 16.9 Å². The van der Waals surface area contributed by atoms with E-state index >= 15 is 0 Å². The number of aromatic hydroxyl groups is 1. The first kappa shape index (κ1) is 31.9. The number of benzene rings is 2. The third kappa shape index (κ3) is 6.80. The summed E-state index contributed by atoms with van der Waals surface area (Å²) >= 11 is 0. The standard InChI is InChI=1S/C35H42FN3O4/c1-21(20-40)14-16-39-30(28(23-10-12-24(36)13-11-23)25-9-8-15-37-29(25)33(39)43)32(42)38-19-22-17-26(34(2,3)4)31(41)27(18-22)35(5,6)7/h8-13,15,17-18,21,40-41H,14,16,19-20H2,1-7H3,(H,38,42)/t21-/m1/s1. The van der Waals surface area contributed by atoms with E-state index in [1.54, 1.807) is 24.3 Å². The Kier molecular flexibility index (Phi) is 9.11. The van der Waals surface area contributed by atoms with E-state index in [1.165, 1.54) is 22.9 Å². The molecule has 3 N–H and O–H groups in total. The zero-order chi connectivity index (χ0) is 31.7. The summed E-state index contributed by atoms with van der Waals surface area (Å²) in [4.78, 5) is 32.3. The SMILES string of the molecule is C[C@@H](CO)CCn1c(C(=O)NCc2cc(C(C)(C)C)c(O)c(C(C)(C)C)c2)c(-c2ccc(F)cc2)c2cccnc2c1=O. The van der Waals surface area contributed by atoms with Crippen molar-refractivity contribution in [2.45, 2.75) is 78.8 Å². The van der Waals surface area contributed by atoms with Gasteiger partial charge in [0.2, 0.25) is 0 Å². The van der Waals surface area contributed by atoms with Gasteiger partial charge >= 0.3 is 0 Å². The van der Waals surface area contributed by atoms with Gasteiger partial charge in [0.05, 0.1) is 0 Å². The van der Waals surface area contributed by atoms with E-state index in [1.807, 2.05) is 60.6 Å². The number of rotatable bonds is 8. The van der Waals surface area contributed by atoms with Crippen molar-refractivity contribution in [3.05, 3.63) is 93.3 Å². The molecule has 0 bridgehead atoms. The van der Waals surface area contributed by atoms with Crippen molar-refractivity contribution in [3.63, 3.8) is 0 Å². The Morgan fingerprint density at radius 1 is 1.02 bits per heavy atom. The Bertz CT molecular complexity index is 1660. The predicted molar refractivity (Wildman–Crippen MR) is 169 cm³/mol. The number of fused-ring (bicyclic) bond motifs is 1. The van der Waals surface area contributed by atoms with Crippen LogP contribution in [-0.2, 0) is 23.9 Å². The van der Waals surface area contributed by atoms with Gasteiger partial charge < -0.3 is 20.1 Å². The van der Waals surface area contributed by atoms with Crippen LogP contribution in [0.1, 0.15) is 82.1 Å². The number of aliphatic hydroxyl groups excluding tert-OH is 1. The Labute approximate surface area is 252 Å². The van der Waals surface area contributed by atoms with Crippen LogP contribution >= 0.6 is 0 Å². The van der Waals surface area contributed by atoms with Crippen LogP contribution in [0.15, 0.2) is 59.5 Å². The van der Waals surface area contributed by atoms with Crippen LogP contribution < -0.4 is 10.9 Å². The molecule has 0 aliphatic carbocycles. The number of carbonyl (C=O) groups is 1. The molecule has 2 aromatic carbocycles. The van der Waals surface area contributed by atoms with E-state index in [0.29, 0.717) is 22.9 Å². The smallest absolute Gasteiger partial charge is 0.277 e. The summed E-state index contributed by atoms with van der Waals surface area (Å²) in [7, 11) is 0. The highest BCUT2D eigenvalue weighted by Crippen LogP contribution is 2.40. The summed E-state index contributed by atoms with van der Waals surface area (Å²) < 4.78 is 15.4. The summed E-state index contributed by atoms with van der Waals surface area (Å²) in [6, 6.07) is 13.1. The fourth-order valence-electron chi connectivity index (χ4n) is 5.27. The van der Waals surface area contributed by atoms with E-state index in [-0.39, 0.29) is 53.4 Å². The minimum Gasteiger partial charge on any atom is -0.507 e. The topological polar surface area (TPSA) is 104 Å². The number of hydrogen-bond acceptors (Lipinski definition) is 5. The second-order valence-corrected chi connectivity index (χ2v) is 13.4. The van der Waals surface area contributed by atoms with Crippen molar-refractivity contribution >= 4 is 16.8 Å². The molecule has 0 spiro atoms. The van der Waals surface area contributed by atoms with Crippen molar-refractivity contribution in [1.82, 2.24) is 14.9 Å². The van der Waals surface area contributed by atoms with Crippen LogP contribution in [0.25, 0.3) is 22.0 Å². The molecule has 0 saturated carbocycles. The van der Waals surface area contributed by atoms with Crippen molar-refractivity contribution < 1.29 is 19.4 Å². The maximum atomic E-state index is 14.2. The van der Waals surface area contributed by atoms with Gasteiger partial charge in [0, 0.05) is 36.8 Å². The number of amides is 1. The lowest BCUT2D eigenvalue weighted by atomic mass is 9.78. The average molecular weight is 588 g/mol. The highest BCUT2D eigenvalue weighted by Gasteiger charge is 2.28. The number of aromatic nitrogens is 2. The van der Waals surface area contributed by atoms with Gasteiger partial charge in [0.1, 0.15) is 22.8 Å². The molecule has 8 heteroatoms. The highest BCUT2D eigenvalue weighted by atomic mass is 19.1. The number of phenolic OH excluding ortho intramolecular Hbond substituents is 1. The quantitative estimate of drug-likeness (QED) is 0.220. The fraction of sp³-hybridized carbons (Fsp3) is 0.400. The zero-order valence-corrected chi connectivity index (χ0v) is 26.1. The number of aliphatic hydroxyl groups is 1. The Morgan fingerprint density at radius 2 is 1.63 bits per heavy atom. The summed E-state index contributed by atoms with van der Waals surface area (Å²) in [5.74, 6) is -0.733. The number of carbonyl (C=O) groups excluding carboxylic acids is 1.